The number of rotatable bonds is 5. The predicted molar refractivity (Wildman–Crippen MR) is 86.9 cm³/mol. The van der Waals surface area contributed by atoms with E-state index in [0.29, 0.717) is 11.5 Å². The van der Waals surface area contributed by atoms with E-state index in [4.69, 9.17) is 18.3 Å². The molecule has 9 heteroatoms. The van der Waals surface area contributed by atoms with Gasteiger partial charge in [-0.2, -0.15) is 4.98 Å². The Morgan fingerprint density at radius 1 is 1.08 bits per heavy atom. The van der Waals surface area contributed by atoms with Gasteiger partial charge in [-0.05, 0) is 29.8 Å². The van der Waals surface area contributed by atoms with Crippen LogP contribution in [0.5, 0.6) is 11.5 Å². The maximum absolute atomic E-state index is 12.2. The number of fused-ring (bicyclic) bond motifs is 1. The fourth-order valence-electron chi connectivity index (χ4n) is 2.33. The van der Waals surface area contributed by atoms with E-state index in [1.54, 1.807) is 18.2 Å². The van der Waals surface area contributed by atoms with Crippen LogP contribution < -0.4 is 20.1 Å². The lowest BCUT2D eigenvalue weighted by atomic mass is 10.2. The Morgan fingerprint density at radius 2 is 1.96 bits per heavy atom. The van der Waals surface area contributed by atoms with Gasteiger partial charge in [-0.3, -0.25) is 14.9 Å². The lowest BCUT2D eigenvalue weighted by Gasteiger charge is -2.04. The number of hydrogen-bond donors (Lipinski definition) is 2. The standard InChI is InChI=1S/C17H13N3O6/c21-15(18-7-10-3-4-12-14(6-10)26-9-25-12)11-8-24-17(19-11)20-16(22)13-2-1-5-23-13/h1-6,8H,7,9H2,(H,18,21)(H,19,20,22). The molecule has 0 saturated carbocycles. The molecule has 0 spiro atoms. The zero-order valence-electron chi connectivity index (χ0n) is 13.4. The number of anilines is 1. The highest BCUT2D eigenvalue weighted by Crippen LogP contribution is 2.32. The molecule has 0 saturated heterocycles. The summed E-state index contributed by atoms with van der Waals surface area (Å²) in [5.41, 5.74) is 0.887. The Kier molecular flexibility index (Phi) is 4.02. The molecular weight excluding hydrogens is 342 g/mol. The van der Waals surface area contributed by atoms with Gasteiger partial charge in [0.15, 0.2) is 23.0 Å². The van der Waals surface area contributed by atoms with Crippen molar-refractivity contribution in [2.24, 2.45) is 0 Å². The van der Waals surface area contributed by atoms with Gasteiger partial charge in [0.1, 0.15) is 6.26 Å². The predicted octanol–water partition coefficient (Wildman–Crippen LogP) is 2.18. The Morgan fingerprint density at radius 3 is 2.81 bits per heavy atom. The number of carbonyl (C=O) groups is 2. The summed E-state index contributed by atoms with van der Waals surface area (Å²) in [4.78, 5) is 27.9. The minimum absolute atomic E-state index is 0.0421. The summed E-state index contributed by atoms with van der Waals surface area (Å²) in [6.45, 7) is 0.465. The highest BCUT2D eigenvalue weighted by Gasteiger charge is 2.17. The van der Waals surface area contributed by atoms with Crippen LogP contribution in [0.3, 0.4) is 0 Å². The number of carbonyl (C=O) groups excluding carboxylic acids is 2. The number of nitrogens with one attached hydrogen (secondary N) is 2. The first-order chi connectivity index (χ1) is 12.7. The molecule has 3 heterocycles. The van der Waals surface area contributed by atoms with Gasteiger partial charge < -0.3 is 23.6 Å². The summed E-state index contributed by atoms with van der Waals surface area (Å²) >= 11 is 0. The molecule has 2 N–H and O–H groups in total. The second-order valence-corrected chi connectivity index (χ2v) is 5.34. The number of hydrogen-bond acceptors (Lipinski definition) is 7. The van der Waals surface area contributed by atoms with Crippen LogP contribution in [-0.2, 0) is 6.54 Å². The highest BCUT2D eigenvalue weighted by molar-refractivity contribution is 6.01. The Balaban J connectivity index is 1.35. The fourth-order valence-corrected chi connectivity index (χ4v) is 2.33. The molecule has 0 bridgehead atoms. The molecule has 26 heavy (non-hydrogen) atoms. The molecule has 4 rings (SSSR count). The van der Waals surface area contributed by atoms with Crippen LogP contribution in [0.4, 0.5) is 6.01 Å². The van der Waals surface area contributed by atoms with Crippen LogP contribution in [0.15, 0.2) is 51.7 Å². The van der Waals surface area contributed by atoms with E-state index in [1.165, 1.54) is 12.3 Å². The molecule has 0 radical (unpaired) electrons. The number of aromatic nitrogens is 1. The molecule has 1 aliphatic heterocycles. The van der Waals surface area contributed by atoms with Gasteiger partial charge in [0.25, 0.3) is 11.8 Å². The van der Waals surface area contributed by atoms with E-state index < -0.39 is 11.8 Å². The first-order valence-corrected chi connectivity index (χ1v) is 7.66. The second kappa shape index (κ2) is 6.63. The summed E-state index contributed by atoms with van der Waals surface area (Å²) in [6, 6.07) is 8.38. The average Bonchev–Trinajstić information content (AvgIpc) is 3.39. The molecular formula is C17H13N3O6. The van der Waals surface area contributed by atoms with Crippen LogP contribution >= 0.6 is 0 Å². The van der Waals surface area contributed by atoms with Gasteiger partial charge in [0, 0.05) is 6.54 Å². The maximum atomic E-state index is 12.2. The second-order valence-electron chi connectivity index (χ2n) is 5.34. The van der Waals surface area contributed by atoms with E-state index in [1.807, 2.05) is 6.07 Å². The Hall–Kier alpha value is -3.75. The highest BCUT2D eigenvalue weighted by atomic mass is 16.7. The van der Waals surface area contributed by atoms with E-state index in [2.05, 4.69) is 15.6 Å². The monoisotopic (exact) mass is 355 g/mol. The topological polar surface area (TPSA) is 116 Å². The summed E-state index contributed by atoms with van der Waals surface area (Å²) in [6.07, 6.45) is 2.53. The lowest BCUT2D eigenvalue weighted by Crippen LogP contribution is -2.23. The third-order valence-electron chi connectivity index (χ3n) is 3.59. The zero-order valence-corrected chi connectivity index (χ0v) is 13.4. The van der Waals surface area contributed by atoms with Gasteiger partial charge in [0.05, 0.1) is 6.26 Å². The minimum Gasteiger partial charge on any atom is -0.459 e. The normalized spacial score (nSPS) is 12.0. The summed E-state index contributed by atoms with van der Waals surface area (Å²) in [5.74, 6) is 0.459. The molecule has 0 atom stereocenters. The van der Waals surface area contributed by atoms with Crippen LogP contribution in [0.2, 0.25) is 0 Å². The van der Waals surface area contributed by atoms with Gasteiger partial charge in [0.2, 0.25) is 6.79 Å². The number of amides is 2. The number of oxazole rings is 1. The Labute approximate surface area is 146 Å². The van der Waals surface area contributed by atoms with Crippen molar-refractivity contribution < 1.29 is 27.9 Å². The first-order valence-electron chi connectivity index (χ1n) is 7.66. The molecule has 9 nitrogen and oxygen atoms in total. The summed E-state index contributed by atoms with van der Waals surface area (Å²) < 4.78 is 20.6. The fraction of sp³-hybridized carbons (Fsp3) is 0.118. The van der Waals surface area contributed by atoms with Crippen molar-refractivity contribution in [1.82, 2.24) is 10.3 Å². The molecule has 2 aromatic heterocycles. The van der Waals surface area contributed by atoms with E-state index in [9.17, 15) is 9.59 Å². The molecule has 1 aliphatic rings. The third kappa shape index (κ3) is 3.22. The summed E-state index contributed by atoms with van der Waals surface area (Å²) in [5, 5.41) is 5.11. The van der Waals surface area contributed by atoms with Crippen molar-refractivity contribution in [2.75, 3.05) is 12.1 Å². The van der Waals surface area contributed by atoms with Crippen molar-refractivity contribution in [3.8, 4) is 11.5 Å². The van der Waals surface area contributed by atoms with Crippen LogP contribution in [0, 0.1) is 0 Å². The number of furan rings is 1. The van der Waals surface area contributed by atoms with Crippen molar-refractivity contribution in [2.45, 2.75) is 6.54 Å². The van der Waals surface area contributed by atoms with Gasteiger partial charge in [-0.15, -0.1) is 0 Å². The van der Waals surface area contributed by atoms with Gasteiger partial charge in [-0.25, -0.2) is 0 Å². The number of benzene rings is 1. The van der Waals surface area contributed by atoms with E-state index in [-0.39, 0.29) is 30.8 Å². The van der Waals surface area contributed by atoms with Gasteiger partial charge in [-0.1, -0.05) is 6.07 Å². The summed E-state index contributed by atoms with van der Waals surface area (Å²) in [7, 11) is 0. The van der Waals surface area contributed by atoms with Crippen LogP contribution in [-0.4, -0.2) is 23.6 Å². The maximum Gasteiger partial charge on any atom is 0.302 e. The minimum atomic E-state index is -0.524. The first kappa shape index (κ1) is 15.8. The van der Waals surface area contributed by atoms with E-state index in [0.717, 1.165) is 11.8 Å². The molecule has 3 aromatic rings. The van der Waals surface area contributed by atoms with Crippen LogP contribution in [0.1, 0.15) is 26.6 Å². The molecule has 0 unspecified atom stereocenters. The zero-order chi connectivity index (χ0) is 17.9. The SMILES string of the molecule is O=C(NCc1ccc2c(c1)OCO2)c1coc(NC(=O)c2ccco2)n1. The quantitative estimate of drug-likeness (QED) is 0.720. The Bertz CT molecular complexity index is 947. The third-order valence-corrected chi connectivity index (χ3v) is 3.59. The molecule has 1 aromatic carbocycles. The van der Waals surface area contributed by atoms with Crippen molar-refractivity contribution in [3.05, 3.63) is 59.9 Å². The molecule has 0 fully saturated rings. The number of ether oxygens (including phenoxy) is 2. The van der Waals surface area contributed by atoms with E-state index >= 15 is 0 Å². The lowest BCUT2D eigenvalue weighted by molar-refractivity contribution is 0.0944. The largest absolute Gasteiger partial charge is 0.459 e. The average molecular weight is 355 g/mol. The molecule has 2 amide bonds. The van der Waals surface area contributed by atoms with Crippen molar-refractivity contribution in [3.63, 3.8) is 0 Å². The number of nitrogens with zero attached hydrogens (tertiary/aromatic N) is 1. The van der Waals surface area contributed by atoms with Crippen molar-refractivity contribution >= 4 is 17.8 Å². The van der Waals surface area contributed by atoms with Gasteiger partial charge >= 0.3 is 6.01 Å². The van der Waals surface area contributed by atoms with Crippen LogP contribution in [0.25, 0.3) is 0 Å². The van der Waals surface area contributed by atoms with Crippen molar-refractivity contribution in [1.29, 1.82) is 0 Å². The molecule has 0 aliphatic carbocycles. The smallest absolute Gasteiger partial charge is 0.302 e. The molecule has 132 valence electrons.